The van der Waals surface area contributed by atoms with Crippen molar-refractivity contribution >= 4 is 17.6 Å². The van der Waals surface area contributed by atoms with Gasteiger partial charge in [-0.3, -0.25) is 4.79 Å². The Morgan fingerprint density at radius 3 is 2.90 bits per heavy atom. The van der Waals surface area contributed by atoms with Crippen LogP contribution in [0.25, 0.3) is 0 Å². The number of carbonyl (C=O) groups excluding carboxylic acids is 2. The van der Waals surface area contributed by atoms with Crippen molar-refractivity contribution in [2.75, 3.05) is 25.2 Å². The Balaban J connectivity index is 1.14. The van der Waals surface area contributed by atoms with Crippen molar-refractivity contribution in [3.05, 3.63) is 53.8 Å². The maximum atomic E-state index is 13.3. The maximum absolute atomic E-state index is 13.3. The van der Waals surface area contributed by atoms with Crippen molar-refractivity contribution in [2.24, 2.45) is 11.3 Å². The number of fused-ring (bicyclic) bond motifs is 1. The van der Waals surface area contributed by atoms with E-state index >= 15 is 0 Å². The summed E-state index contributed by atoms with van der Waals surface area (Å²) in [5.74, 6) is 0.836. The topological polar surface area (TPSA) is 79.9 Å². The molecule has 0 bridgehead atoms. The Hall–Kier alpha value is -3.29. The lowest BCUT2D eigenvalue weighted by atomic mass is 10.0. The Morgan fingerprint density at radius 2 is 2.03 bits per heavy atom. The van der Waals surface area contributed by atoms with Crippen LogP contribution in [0, 0.1) is 17.2 Å². The normalized spacial score (nSPS) is 23.5. The van der Waals surface area contributed by atoms with Crippen LogP contribution in [0.5, 0.6) is 11.5 Å². The largest absolute Gasteiger partial charge is 0.454 e. The molecule has 1 saturated heterocycles. The number of hydrogen-bond donors (Lipinski definition) is 2. The van der Waals surface area contributed by atoms with Crippen molar-refractivity contribution in [2.45, 2.75) is 19.4 Å². The van der Waals surface area contributed by atoms with Crippen LogP contribution in [0.4, 0.5) is 14.9 Å². The molecule has 0 aromatic heterocycles. The molecule has 1 saturated carbocycles. The zero-order chi connectivity index (χ0) is 20.7. The summed E-state index contributed by atoms with van der Waals surface area (Å²) in [6.07, 6.45) is 1.58. The zero-order valence-electron chi connectivity index (χ0n) is 16.3. The van der Waals surface area contributed by atoms with Gasteiger partial charge in [0.05, 0.1) is 0 Å². The summed E-state index contributed by atoms with van der Waals surface area (Å²) < 4.78 is 23.9. The number of halogens is 1. The average molecular weight is 411 g/mol. The monoisotopic (exact) mass is 411 g/mol. The SMILES string of the molecule is O=C(Nc1ccc2c(c1)OCO2)[C@H]1C[C@]12CCN(C(=O)NCc1cccc(F)c1)C2. The van der Waals surface area contributed by atoms with Crippen LogP contribution in [0.3, 0.4) is 0 Å². The first-order valence-electron chi connectivity index (χ1n) is 10.0. The van der Waals surface area contributed by atoms with Crippen molar-refractivity contribution < 1.29 is 23.5 Å². The molecule has 2 aliphatic heterocycles. The Labute approximate surface area is 173 Å². The molecule has 3 aliphatic rings. The van der Waals surface area contributed by atoms with Crippen molar-refractivity contribution in [3.63, 3.8) is 0 Å². The average Bonchev–Trinajstić information content (AvgIpc) is 3.04. The summed E-state index contributed by atoms with van der Waals surface area (Å²) in [6.45, 7) is 1.63. The van der Waals surface area contributed by atoms with Gasteiger partial charge in [-0.25, -0.2) is 9.18 Å². The van der Waals surface area contributed by atoms with E-state index in [1.807, 2.05) is 0 Å². The first-order chi connectivity index (χ1) is 14.5. The summed E-state index contributed by atoms with van der Waals surface area (Å²) in [4.78, 5) is 27.0. The quantitative estimate of drug-likeness (QED) is 0.810. The van der Waals surface area contributed by atoms with Crippen molar-refractivity contribution in [1.82, 2.24) is 10.2 Å². The lowest BCUT2D eigenvalue weighted by Crippen LogP contribution is -2.38. The van der Waals surface area contributed by atoms with E-state index in [-0.39, 0.29) is 42.4 Å². The molecule has 3 amide bonds. The minimum absolute atomic E-state index is 0.0316. The molecule has 0 unspecified atom stereocenters. The lowest BCUT2D eigenvalue weighted by molar-refractivity contribution is -0.118. The minimum Gasteiger partial charge on any atom is -0.454 e. The fraction of sp³-hybridized carbons (Fsp3) is 0.364. The number of urea groups is 1. The molecule has 1 spiro atoms. The predicted octanol–water partition coefficient (Wildman–Crippen LogP) is 3.11. The van der Waals surface area contributed by atoms with Gasteiger partial charge in [-0.1, -0.05) is 12.1 Å². The first-order valence-corrected chi connectivity index (χ1v) is 10.0. The van der Waals surface area contributed by atoms with E-state index in [1.54, 1.807) is 35.2 Å². The number of likely N-dealkylation sites (tertiary alicyclic amines) is 1. The smallest absolute Gasteiger partial charge is 0.317 e. The predicted molar refractivity (Wildman–Crippen MR) is 107 cm³/mol. The molecule has 2 fully saturated rings. The highest BCUT2D eigenvalue weighted by Gasteiger charge is 2.61. The summed E-state index contributed by atoms with van der Waals surface area (Å²) in [5, 5.41) is 5.79. The highest BCUT2D eigenvalue weighted by atomic mass is 19.1. The minimum atomic E-state index is -0.323. The molecule has 5 rings (SSSR count). The second-order valence-electron chi connectivity index (χ2n) is 8.14. The Morgan fingerprint density at radius 1 is 1.17 bits per heavy atom. The standard InChI is InChI=1S/C22H22FN3O4/c23-15-3-1-2-14(8-15)11-24-21(28)26-7-6-22(12-26)10-17(22)20(27)25-16-4-5-18-19(9-16)30-13-29-18/h1-5,8-9,17H,6-7,10-13H2,(H,24,28)(H,25,27)/t17-,22+/m1/s1. The van der Waals surface area contributed by atoms with Crippen LogP contribution in [-0.2, 0) is 11.3 Å². The van der Waals surface area contributed by atoms with Gasteiger partial charge in [-0.15, -0.1) is 0 Å². The summed E-state index contributed by atoms with van der Waals surface area (Å²) in [7, 11) is 0. The summed E-state index contributed by atoms with van der Waals surface area (Å²) >= 11 is 0. The Bertz CT molecular complexity index is 1010. The number of anilines is 1. The van der Waals surface area contributed by atoms with Gasteiger partial charge in [0.15, 0.2) is 11.5 Å². The number of ether oxygens (including phenoxy) is 2. The summed E-state index contributed by atoms with van der Waals surface area (Å²) in [6, 6.07) is 11.3. The highest BCUT2D eigenvalue weighted by Crippen LogP contribution is 2.58. The molecule has 8 heteroatoms. The van der Waals surface area contributed by atoms with Gasteiger partial charge in [0, 0.05) is 42.7 Å². The zero-order valence-corrected chi connectivity index (χ0v) is 16.3. The fourth-order valence-electron chi connectivity index (χ4n) is 4.38. The number of rotatable bonds is 4. The van der Waals surface area contributed by atoms with Crippen molar-refractivity contribution in [1.29, 1.82) is 0 Å². The molecule has 2 aromatic carbocycles. The number of nitrogens with one attached hydrogen (secondary N) is 2. The van der Waals surface area contributed by atoms with Crippen LogP contribution in [-0.4, -0.2) is 36.7 Å². The molecular weight excluding hydrogens is 389 g/mol. The number of carbonyl (C=O) groups is 2. The van der Waals surface area contributed by atoms with E-state index in [9.17, 15) is 14.0 Å². The second-order valence-corrected chi connectivity index (χ2v) is 8.14. The van der Waals surface area contributed by atoms with Crippen LogP contribution in [0.2, 0.25) is 0 Å². The molecule has 30 heavy (non-hydrogen) atoms. The van der Waals surface area contributed by atoms with Gasteiger partial charge in [0.1, 0.15) is 5.82 Å². The number of hydrogen-bond acceptors (Lipinski definition) is 4. The van der Waals surface area contributed by atoms with Gasteiger partial charge >= 0.3 is 6.03 Å². The van der Waals surface area contributed by atoms with Crippen LogP contribution in [0.15, 0.2) is 42.5 Å². The van der Waals surface area contributed by atoms with E-state index in [4.69, 9.17) is 9.47 Å². The van der Waals surface area contributed by atoms with Crippen LogP contribution in [0.1, 0.15) is 18.4 Å². The molecule has 156 valence electrons. The van der Waals surface area contributed by atoms with Gasteiger partial charge in [-0.2, -0.15) is 0 Å². The molecule has 2 atom stereocenters. The van der Waals surface area contributed by atoms with E-state index in [1.165, 1.54) is 12.1 Å². The van der Waals surface area contributed by atoms with E-state index < -0.39 is 0 Å². The Kier molecular flexibility index (Phi) is 4.49. The summed E-state index contributed by atoms with van der Waals surface area (Å²) in [5.41, 5.74) is 1.25. The molecule has 2 aromatic rings. The van der Waals surface area contributed by atoms with Crippen LogP contribution >= 0.6 is 0 Å². The maximum Gasteiger partial charge on any atom is 0.317 e. The third-order valence-electron chi connectivity index (χ3n) is 6.15. The fourth-order valence-corrected chi connectivity index (χ4v) is 4.38. The molecule has 7 nitrogen and oxygen atoms in total. The number of amides is 3. The van der Waals surface area contributed by atoms with Gasteiger partial charge < -0.3 is 25.0 Å². The molecule has 0 radical (unpaired) electrons. The van der Waals surface area contributed by atoms with Gasteiger partial charge in [0.2, 0.25) is 12.7 Å². The third-order valence-corrected chi connectivity index (χ3v) is 6.15. The molecule has 1 aliphatic carbocycles. The molecule has 2 heterocycles. The third kappa shape index (κ3) is 3.53. The molecule has 2 N–H and O–H groups in total. The van der Waals surface area contributed by atoms with E-state index in [2.05, 4.69) is 10.6 Å². The van der Waals surface area contributed by atoms with Crippen molar-refractivity contribution in [3.8, 4) is 11.5 Å². The second kappa shape index (κ2) is 7.19. The van der Waals surface area contributed by atoms with E-state index in [0.717, 1.165) is 12.8 Å². The first kappa shape index (κ1) is 18.7. The van der Waals surface area contributed by atoms with Gasteiger partial charge in [0.25, 0.3) is 0 Å². The lowest BCUT2D eigenvalue weighted by Gasteiger charge is -2.17. The number of nitrogens with zero attached hydrogens (tertiary/aromatic N) is 1. The van der Waals surface area contributed by atoms with Gasteiger partial charge in [-0.05, 0) is 42.7 Å². The molecular formula is C22H22FN3O4. The van der Waals surface area contributed by atoms with E-state index in [0.29, 0.717) is 35.8 Å². The number of benzene rings is 2. The highest BCUT2D eigenvalue weighted by molar-refractivity contribution is 5.95. The van der Waals surface area contributed by atoms with Crippen LogP contribution < -0.4 is 20.1 Å².